The molecule has 1 aromatic carbocycles. The van der Waals surface area contributed by atoms with Crippen molar-refractivity contribution in [2.75, 3.05) is 12.8 Å². The molecule has 0 heterocycles. The third kappa shape index (κ3) is 4.82. The van der Waals surface area contributed by atoms with E-state index in [4.69, 9.17) is 0 Å². The minimum Gasteiger partial charge on any atom is -0.312 e. The van der Waals surface area contributed by atoms with E-state index in [2.05, 4.69) is 44.3 Å². The zero-order chi connectivity index (χ0) is 16.3. The molecule has 120 valence electrons. The molecule has 0 bridgehead atoms. The van der Waals surface area contributed by atoms with Crippen LogP contribution >= 0.6 is 0 Å². The Morgan fingerprint density at radius 2 is 1.67 bits per heavy atom. The molecule has 3 nitrogen and oxygen atoms in total. The molecule has 0 amide bonds. The Bertz CT molecular complexity index is 556. The van der Waals surface area contributed by atoms with Crippen molar-refractivity contribution in [3.63, 3.8) is 0 Å². The Kier molecular flexibility index (Phi) is 6.00. The van der Waals surface area contributed by atoms with Gasteiger partial charge in [0.25, 0.3) is 0 Å². The fourth-order valence-electron chi connectivity index (χ4n) is 2.56. The SMILES string of the molecule is CCCNC(Cc1cc(C)cc(C)c1)C(C)(C)S(C)(=O)=O. The van der Waals surface area contributed by atoms with Crippen LogP contribution in [0.2, 0.25) is 0 Å². The maximum absolute atomic E-state index is 12.1. The van der Waals surface area contributed by atoms with E-state index in [1.54, 1.807) is 0 Å². The molecular formula is C17H29NO2S. The second kappa shape index (κ2) is 6.93. The minimum absolute atomic E-state index is 0.0892. The highest BCUT2D eigenvalue weighted by Gasteiger charge is 2.38. The summed E-state index contributed by atoms with van der Waals surface area (Å²) in [5, 5.41) is 3.42. The van der Waals surface area contributed by atoms with Crippen LogP contribution in [0.25, 0.3) is 0 Å². The molecule has 0 aliphatic heterocycles. The Hall–Kier alpha value is -0.870. The van der Waals surface area contributed by atoms with E-state index in [9.17, 15) is 8.42 Å². The van der Waals surface area contributed by atoms with Gasteiger partial charge in [0, 0.05) is 12.3 Å². The summed E-state index contributed by atoms with van der Waals surface area (Å²) in [6, 6.07) is 6.34. The van der Waals surface area contributed by atoms with E-state index in [1.165, 1.54) is 22.9 Å². The van der Waals surface area contributed by atoms with Gasteiger partial charge in [-0.2, -0.15) is 0 Å². The van der Waals surface area contributed by atoms with E-state index >= 15 is 0 Å². The fourth-order valence-corrected chi connectivity index (χ4v) is 3.25. The van der Waals surface area contributed by atoms with Crippen LogP contribution in [0.5, 0.6) is 0 Å². The zero-order valence-electron chi connectivity index (χ0n) is 14.2. The number of sulfone groups is 1. The van der Waals surface area contributed by atoms with Gasteiger partial charge in [0.1, 0.15) is 0 Å². The van der Waals surface area contributed by atoms with E-state index < -0.39 is 14.6 Å². The molecule has 0 saturated heterocycles. The highest BCUT2D eigenvalue weighted by Crippen LogP contribution is 2.24. The van der Waals surface area contributed by atoms with Gasteiger partial charge < -0.3 is 5.32 Å². The van der Waals surface area contributed by atoms with Crippen LogP contribution in [0.3, 0.4) is 0 Å². The lowest BCUT2D eigenvalue weighted by molar-refractivity contribution is 0.406. The largest absolute Gasteiger partial charge is 0.312 e. The number of hydrogen-bond donors (Lipinski definition) is 1. The number of rotatable bonds is 7. The number of hydrogen-bond acceptors (Lipinski definition) is 3. The van der Waals surface area contributed by atoms with E-state index in [1.807, 2.05) is 13.8 Å². The maximum atomic E-state index is 12.1. The lowest BCUT2D eigenvalue weighted by Gasteiger charge is -2.34. The van der Waals surface area contributed by atoms with Gasteiger partial charge in [-0.25, -0.2) is 8.42 Å². The van der Waals surface area contributed by atoms with Crippen molar-refractivity contribution in [3.05, 3.63) is 34.9 Å². The first kappa shape index (κ1) is 18.2. The van der Waals surface area contributed by atoms with Gasteiger partial charge in [0.2, 0.25) is 0 Å². The van der Waals surface area contributed by atoms with Gasteiger partial charge in [-0.15, -0.1) is 0 Å². The zero-order valence-corrected chi connectivity index (χ0v) is 15.0. The molecule has 1 atom stereocenters. The van der Waals surface area contributed by atoms with Crippen LogP contribution in [0, 0.1) is 13.8 Å². The normalized spacial score (nSPS) is 14.2. The van der Waals surface area contributed by atoms with Gasteiger partial charge >= 0.3 is 0 Å². The number of aryl methyl sites for hydroxylation is 2. The van der Waals surface area contributed by atoms with Gasteiger partial charge in [-0.3, -0.25) is 0 Å². The highest BCUT2D eigenvalue weighted by molar-refractivity contribution is 7.92. The van der Waals surface area contributed by atoms with Crippen molar-refractivity contribution < 1.29 is 8.42 Å². The van der Waals surface area contributed by atoms with Gasteiger partial charge in [-0.05, 0) is 52.6 Å². The molecule has 1 rings (SSSR count). The van der Waals surface area contributed by atoms with Crippen LogP contribution in [-0.4, -0.2) is 32.0 Å². The summed E-state index contributed by atoms with van der Waals surface area (Å²) in [6.07, 6.45) is 3.04. The van der Waals surface area contributed by atoms with E-state index in [0.717, 1.165) is 19.4 Å². The topological polar surface area (TPSA) is 46.2 Å². The standard InChI is InChI=1S/C17H29NO2S/c1-7-8-18-16(17(4,5)21(6,19)20)12-15-10-13(2)9-14(3)11-15/h9-11,16,18H,7-8,12H2,1-6H3. The van der Waals surface area contributed by atoms with Gasteiger partial charge in [0.15, 0.2) is 9.84 Å². The molecule has 0 aromatic heterocycles. The molecule has 0 aliphatic rings. The molecule has 21 heavy (non-hydrogen) atoms. The quantitative estimate of drug-likeness (QED) is 0.842. The Morgan fingerprint density at radius 1 is 1.14 bits per heavy atom. The summed E-state index contributed by atoms with van der Waals surface area (Å²) in [4.78, 5) is 0. The number of benzene rings is 1. The van der Waals surface area contributed by atoms with E-state index in [0.29, 0.717) is 0 Å². The van der Waals surface area contributed by atoms with Crippen LogP contribution in [-0.2, 0) is 16.3 Å². The highest BCUT2D eigenvalue weighted by atomic mass is 32.2. The Morgan fingerprint density at radius 3 is 2.10 bits per heavy atom. The van der Waals surface area contributed by atoms with Gasteiger partial charge in [0.05, 0.1) is 4.75 Å². The van der Waals surface area contributed by atoms with Crippen molar-refractivity contribution in [2.45, 2.75) is 58.2 Å². The van der Waals surface area contributed by atoms with Crippen molar-refractivity contribution in [1.82, 2.24) is 5.32 Å². The third-order valence-electron chi connectivity index (χ3n) is 4.16. The van der Waals surface area contributed by atoms with Crippen molar-refractivity contribution in [1.29, 1.82) is 0 Å². The van der Waals surface area contributed by atoms with E-state index in [-0.39, 0.29) is 6.04 Å². The Balaban J connectivity index is 3.08. The molecule has 0 saturated carbocycles. The second-order valence-corrected chi connectivity index (χ2v) is 9.18. The summed E-state index contributed by atoms with van der Waals surface area (Å²) < 4.78 is 23.5. The predicted octanol–water partition coefficient (Wildman–Crippen LogP) is 3.04. The smallest absolute Gasteiger partial charge is 0.154 e. The summed E-state index contributed by atoms with van der Waals surface area (Å²) in [6.45, 7) is 10.7. The summed E-state index contributed by atoms with van der Waals surface area (Å²) in [5.74, 6) is 0. The molecule has 0 fully saturated rings. The van der Waals surface area contributed by atoms with Crippen LogP contribution < -0.4 is 5.32 Å². The average Bonchev–Trinajstić information content (AvgIpc) is 2.31. The second-order valence-electron chi connectivity index (χ2n) is 6.58. The van der Waals surface area contributed by atoms with Crippen molar-refractivity contribution >= 4 is 9.84 Å². The lowest BCUT2D eigenvalue weighted by Crippen LogP contribution is -2.52. The van der Waals surface area contributed by atoms with Crippen molar-refractivity contribution in [3.8, 4) is 0 Å². The Labute approximate surface area is 130 Å². The monoisotopic (exact) mass is 311 g/mol. The molecule has 1 N–H and O–H groups in total. The predicted molar refractivity (Wildman–Crippen MR) is 90.6 cm³/mol. The molecule has 1 unspecified atom stereocenters. The molecule has 4 heteroatoms. The maximum Gasteiger partial charge on any atom is 0.154 e. The lowest BCUT2D eigenvalue weighted by atomic mass is 9.93. The summed E-state index contributed by atoms with van der Waals surface area (Å²) in [7, 11) is -3.13. The molecule has 0 radical (unpaired) electrons. The average molecular weight is 311 g/mol. The van der Waals surface area contributed by atoms with Crippen LogP contribution in [0.4, 0.5) is 0 Å². The van der Waals surface area contributed by atoms with Gasteiger partial charge in [-0.1, -0.05) is 36.2 Å². The molecule has 0 aliphatic carbocycles. The fraction of sp³-hybridized carbons (Fsp3) is 0.647. The summed E-state index contributed by atoms with van der Waals surface area (Å²) in [5.41, 5.74) is 3.63. The molecule has 0 spiro atoms. The number of nitrogens with one attached hydrogen (secondary N) is 1. The third-order valence-corrected chi connectivity index (χ3v) is 6.35. The van der Waals surface area contributed by atoms with Crippen molar-refractivity contribution in [2.24, 2.45) is 0 Å². The molecular weight excluding hydrogens is 282 g/mol. The van der Waals surface area contributed by atoms with Crippen LogP contribution in [0.1, 0.15) is 43.9 Å². The minimum atomic E-state index is -3.13. The van der Waals surface area contributed by atoms with Crippen LogP contribution in [0.15, 0.2) is 18.2 Å². The summed E-state index contributed by atoms with van der Waals surface area (Å²) >= 11 is 0. The first-order valence-corrected chi connectivity index (χ1v) is 9.47. The first-order valence-electron chi connectivity index (χ1n) is 7.58. The molecule has 1 aromatic rings. The first-order chi connectivity index (χ1) is 9.57.